The maximum absolute atomic E-state index is 12.6. The monoisotopic (exact) mass is 394 g/mol. The van der Waals surface area contributed by atoms with Crippen molar-refractivity contribution in [1.29, 1.82) is 0 Å². The summed E-state index contributed by atoms with van der Waals surface area (Å²) in [5, 5.41) is 0. The lowest BCUT2D eigenvalue weighted by atomic mass is 10.1. The van der Waals surface area contributed by atoms with Crippen molar-refractivity contribution in [2.75, 3.05) is 4.72 Å². The maximum atomic E-state index is 12.6. The van der Waals surface area contributed by atoms with Gasteiger partial charge in [-0.05, 0) is 80.6 Å². The van der Waals surface area contributed by atoms with Gasteiger partial charge in [0.1, 0.15) is 0 Å². The first-order chi connectivity index (χ1) is 12.2. The molecule has 0 heterocycles. The molecule has 1 aliphatic rings. The first kappa shape index (κ1) is 18.9. The highest BCUT2D eigenvalue weighted by Crippen LogP contribution is 2.26. The van der Waals surface area contributed by atoms with Gasteiger partial charge in [-0.15, -0.1) is 0 Å². The number of anilines is 1. The molecule has 140 valence electrons. The van der Waals surface area contributed by atoms with Crippen molar-refractivity contribution >= 4 is 25.7 Å². The minimum atomic E-state index is -3.72. The molecule has 0 bridgehead atoms. The van der Waals surface area contributed by atoms with Crippen LogP contribution in [-0.2, 0) is 32.9 Å². The molecule has 0 atom stereocenters. The zero-order chi connectivity index (χ0) is 18.9. The van der Waals surface area contributed by atoms with Gasteiger partial charge in [-0.2, -0.15) is 0 Å². The van der Waals surface area contributed by atoms with Crippen molar-refractivity contribution in [1.82, 2.24) is 4.72 Å². The molecule has 2 N–H and O–H groups in total. The molecule has 2 aromatic rings. The Labute approximate surface area is 154 Å². The number of hydrogen-bond acceptors (Lipinski definition) is 4. The Balaban J connectivity index is 1.80. The van der Waals surface area contributed by atoms with Gasteiger partial charge < -0.3 is 0 Å². The predicted molar refractivity (Wildman–Crippen MR) is 101 cm³/mol. The summed E-state index contributed by atoms with van der Waals surface area (Å²) in [5.74, 6) is 0. The number of aryl methyl sites for hydroxylation is 2. The van der Waals surface area contributed by atoms with Gasteiger partial charge in [0, 0.05) is 11.7 Å². The van der Waals surface area contributed by atoms with Crippen LogP contribution in [0.4, 0.5) is 5.69 Å². The van der Waals surface area contributed by atoms with E-state index in [9.17, 15) is 16.8 Å². The molecule has 1 aliphatic carbocycles. The number of rotatable bonds is 6. The third-order valence-corrected chi connectivity index (χ3v) is 7.24. The van der Waals surface area contributed by atoms with E-state index in [0.29, 0.717) is 5.69 Å². The lowest BCUT2D eigenvalue weighted by Crippen LogP contribution is -2.30. The molecule has 0 unspecified atom stereocenters. The van der Waals surface area contributed by atoms with Gasteiger partial charge in [0.15, 0.2) is 0 Å². The van der Waals surface area contributed by atoms with E-state index in [1.54, 1.807) is 26.0 Å². The molecule has 0 amide bonds. The normalized spacial score (nSPS) is 14.4. The van der Waals surface area contributed by atoms with Gasteiger partial charge >= 0.3 is 0 Å². The summed E-state index contributed by atoms with van der Waals surface area (Å²) >= 11 is 0. The van der Waals surface area contributed by atoms with Crippen LogP contribution in [0.25, 0.3) is 0 Å². The first-order valence-corrected chi connectivity index (χ1v) is 11.4. The highest BCUT2D eigenvalue weighted by Gasteiger charge is 2.19. The topological polar surface area (TPSA) is 92.3 Å². The summed E-state index contributed by atoms with van der Waals surface area (Å²) in [6.07, 6.45) is 2.93. The number of nitrogens with one attached hydrogen (secondary N) is 2. The number of hydrogen-bond donors (Lipinski definition) is 2. The fourth-order valence-corrected chi connectivity index (χ4v) is 5.37. The van der Waals surface area contributed by atoms with Crippen LogP contribution in [0.15, 0.2) is 52.3 Å². The Morgan fingerprint density at radius 2 is 1.42 bits per heavy atom. The fraction of sp³-hybridized carbons (Fsp3) is 0.333. The largest absolute Gasteiger partial charge is 0.280 e. The van der Waals surface area contributed by atoms with Crippen LogP contribution in [0, 0.1) is 0 Å². The molecular formula is C18H22N2O4S2. The van der Waals surface area contributed by atoms with Crippen molar-refractivity contribution in [3.05, 3.63) is 53.6 Å². The van der Waals surface area contributed by atoms with Crippen LogP contribution in [-0.4, -0.2) is 22.9 Å². The van der Waals surface area contributed by atoms with Crippen LogP contribution in [0.3, 0.4) is 0 Å². The van der Waals surface area contributed by atoms with Crippen LogP contribution < -0.4 is 9.44 Å². The van der Waals surface area contributed by atoms with Gasteiger partial charge in [-0.25, -0.2) is 21.6 Å². The third kappa shape index (κ3) is 4.08. The lowest BCUT2D eigenvalue weighted by Gasteiger charge is -2.12. The third-order valence-electron chi connectivity index (χ3n) is 4.19. The van der Waals surface area contributed by atoms with Gasteiger partial charge in [-0.1, -0.05) is 6.07 Å². The van der Waals surface area contributed by atoms with E-state index in [1.165, 1.54) is 29.8 Å². The molecular weight excluding hydrogens is 372 g/mol. The SMILES string of the molecule is CC(C)NS(=O)(=O)c1ccc(NS(=O)(=O)c2ccc3c(c2)CCC3)cc1. The molecule has 8 heteroatoms. The van der Waals surface area contributed by atoms with Crippen LogP contribution in [0.5, 0.6) is 0 Å². The van der Waals surface area contributed by atoms with Gasteiger partial charge in [-0.3, -0.25) is 4.72 Å². The van der Waals surface area contributed by atoms with E-state index in [2.05, 4.69) is 9.44 Å². The average molecular weight is 395 g/mol. The van der Waals surface area contributed by atoms with Gasteiger partial charge in [0.2, 0.25) is 10.0 Å². The Morgan fingerprint density at radius 3 is 2.08 bits per heavy atom. The molecule has 0 fully saturated rings. The van der Waals surface area contributed by atoms with Crippen LogP contribution >= 0.6 is 0 Å². The molecule has 0 saturated heterocycles. The summed E-state index contributed by atoms with van der Waals surface area (Å²) in [5.41, 5.74) is 2.60. The summed E-state index contributed by atoms with van der Waals surface area (Å²) in [7, 11) is -7.32. The Hall–Kier alpha value is -1.90. The Kier molecular flexibility index (Phi) is 5.09. The molecule has 0 spiro atoms. The maximum Gasteiger partial charge on any atom is 0.261 e. The fourth-order valence-electron chi connectivity index (χ4n) is 3.01. The summed E-state index contributed by atoms with van der Waals surface area (Å²) in [4.78, 5) is 0.308. The predicted octanol–water partition coefficient (Wildman–Crippen LogP) is 2.66. The van der Waals surface area contributed by atoms with E-state index in [1.807, 2.05) is 6.07 Å². The highest BCUT2D eigenvalue weighted by molar-refractivity contribution is 7.92. The zero-order valence-electron chi connectivity index (χ0n) is 14.7. The molecule has 0 radical (unpaired) electrons. The summed E-state index contributed by atoms with van der Waals surface area (Å²) < 4.78 is 54.4. The van der Waals surface area contributed by atoms with Crippen molar-refractivity contribution in [2.24, 2.45) is 0 Å². The minimum absolute atomic E-state index is 0.0895. The van der Waals surface area contributed by atoms with Gasteiger partial charge in [0.25, 0.3) is 10.0 Å². The quantitative estimate of drug-likeness (QED) is 0.788. The summed E-state index contributed by atoms with van der Waals surface area (Å²) in [6, 6.07) is 10.6. The highest BCUT2D eigenvalue weighted by atomic mass is 32.2. The average Bonchev–Trinajstić information content (AvgIpc) is 3.01. The first-order valence-electron chi connectivity index (χ1n) is 8.44. The van der Waals surface area contributed by atoms with Crippen molar-refractivity contribution in [2.45, 2.75) is 48.9 Å². The van der Waals surface area contributed by atoms with Crippen molar-refractivity contribution in [3.63, 3.8) is 0 Å². The Morgan fingerprint density at radius 1 is 0.808 bits per heavy atom. The Bertz CT molecular complexity index is 1010. The number of benzene rings is 2. The van der Waals surface area contributed by atoms with E-state index in [0.717, 1.165) is 24.8 Å². The van der Waals surface area contributed by atoms with Crippen molar-refractivity contribution < 1.29 is 16.8 Å². The van der Waals surface area contributed by atoms with Crippen LogP contribution in [0.2, 0.25) is 0 Å². The van der Waals surface area contributed by atoms with E-state index in [4.69, 9.17) is 0 Å². The molecule has 2 aromatic carbocycles. The standard InChI is InChI=1S/C18H22N2O4S2/c1-13(2)19-25(21,22)17-10-7-16(8-11-17)20-26(23,24)18-9-6-14-4-3-5-15(14)12-18/h6-13,19-20H,3-5H2,1-2H3. The number of fused-ring (bicyclic) bond motifs is 1. The molecule has 6 nitrogen and oxygen atoms in total. The molecule has 0 aliphatic heterocycles. The van der Waals surface area contributed by atoms with E-state index < -0.39 is 20.0 Å². The zero-order valence-corrected chi connectivity index (χ0v) is 16.3. The van der Waals surface area contributed by atoms with Crippen LogP contribution in [0.1, 0.15) is 31.4 Å². The molecule has 0 saturated carbocycles. The van der Waals surface area contributed by atoms with Gasteiger partial charge in [0.05, 0.1) is 9.79 Å². The van der Waals surface area contributed by atoms with E-state index >= 15 is 0 Å². The second-order valence-electron chi connectivity index (χ2n) is 6.69. The smallest absolute Gasteiger partial charge is 0.261 e. The second kappa shape index (κ2) is 7.02. The number of sulfonamides is 2. The molecule has 3 rings (SSSR count). The summed E-state index contributed by atoms with van der Waals surface area (Å²) in [6.45, 7) is 3.47. The molecule has 0 aromatic heterocycles. The van der Waals surface area contributed by atoms with E-state index in [-0.39, 0.29) is 15.8 Å². The van der Waals surface area contributed by atoms with Crippen molar-refractivity contribution in [3.8, 4) is 0 Å². The second-order valence-corrected chi connectivity index (χ2v) is 10.1. The lowest BCUT2D eigenvalue weighted by molar-refractivity contribution is 0.570. The minimum Gasteiger partial charge on any atom is -0.280 e. The molecule has 26 heavy (non-hydrogen) atoms.